The average molecular weight is 417 g/mol. The lowest BCUT2D eigenvalue weighted by Crippen LogP contribution is -2.58. The zero-order chi connectivity index (χ0) is 20.2. The molecule has 0 N–H and O–H groups in total. The number of ether oxygens (including phenoxy) is 1. The van der Waals surface area contributed by atoms with Crippen LogP contribution in [0.5, 0.6) is 0 Å². The second-order valence-electron chi connectivity index (χ2n) is 9.63. The number of carbonyl (C=O) groups excluding carboxylic acids is 2. The van der Waals surface area contributed by atoms with Crippen LogP contribution in [0.4, 0.5) is 5.69 Å². The number of amides is 1. The van der Waals surface area contributed by atoms with E-state index in [9.17, 15) is 9.59 Å². The molecule has 1 amide bonds. The molecule has 1 heterocycles. The van der Waals surface area contributed by atoms with E-state index in [0.29, 0.717) is 42.7 Å². The Morgan fingerprint density at radius 2 is 1.59 bits per heavy atom. The molecule has 1 aromatic carbocycles. The normalized spacial score (nSPS) is 33.1. The second-order valence-corrected chi connectivity index (χ2v) is 10.1. The minimum Gasteiger partial charge on any atom is -0.465 e. The first-order valence-corrected chi connectivity index (χ1v) is 11.3. The summed E-state index contributed by atoms with van der Waals surface area (Å²) in [5.74, 6) is 2.38. The molecule has 4 aliphatic carbocycles. The Morgan fingerprint density at radius 3 is 2.14 bits per heavy atom. The van der Waals surface area contributed by atoms with E-state index in [1.165, 1.54) is 26.4 Å². The molecule has 4 saturated carbocycles. The van der Waals surface area contributed by atoms with Crippen molar-refractivity contribution >= 4 is 29.2 Å². The topological polar surface area (TPSA) is 49.9 Å². The Balaban J connectivity index is 1.30. The number of piperazine rings is 1. The van der Waals surface area contributed by atoms with E-state index in [0.717, 1.165) is 42.7 Å². The molecule has 0 spiro atoms. The van der Waals surface area contributed by atoms with Crippen LogP contribution in [0.25, 0.3) is 0 Å². The fraction of sp³-hybridized carbons (Fsp3) is 0.652. The second kappa shape index (κ2) is 7.19. The minimum absolute atomic E-state index is 0.0792. The van der Waals surface area contributed by atoms with E-state index in [1.807, 2.05) is 6.07 Å². The molecule has 1 saturated heterocycles. The molecule has 6 rings (SSSR count). The average Bonchev–Trinajstić information content (AvgIpc) is 2.72. The summed E-state index contributed by atoms with van der Waals surface area (Å²) in [5.41, 5.74) is 1.24. The molecule has 1 aliphatic heterocycles. The van der Waals surface area contributed by atoms with E-state index >= 15 is 0 Å². The maximum Gasteiger partial charge on any atom is 0.339 e. The molecule has 4 bridgehead atoms. The first kappa shape index (κ1) is 19.2. The molecule has 5 nitrogen and oxygen atoms in total. The maximum atomic E-state index is 13.6. The highest BCUT2D eigenvalue weighted by Gasteiger charge is 2.55. The molecule has 5 fully saturated rings. The molecule has 6 heteroatoms. The summed E-state index contributed by atoms with van der Waals surface area (Å²) < 4.78 is 4.93. The fourth-order valence-corrected chi connectivity index (χ4v) is 7.07. The fourth-order valence-electron chi connectivity index (χ4n) is 6.91. The van der Waals surface area contributed by atoms with Crippen molar-refractivity contribution in [1.82, 2.24) is 4.90 Å². The van der Waals surface area contributed by atoms with Gasteiger partial charge in [-0.05, 0) is 74.5 Å². The van der Waals surface area contributed by atoms with Crippen molar-refractivity contribution in [3.8, 4) is 0 Å². The highest BCUT2D eigenvalue weighted by atomic mass is 35.5. The molecule has 0 atom stereocenters. The third kappa shape index (κ3) is 3.31. The van der Waals surface area contributed by atoms with Crippen LogP contribution in [0.1, 0.15) is 48.9 Å². The van der Waals surface area contributed by atoms with Gasteiger partial charge in [-0.15, -0.1) is 0 Å². The van der Waals surface area contributed by atoms with Gasteiger partial charge in [-0.1, -0.05) is 11.6 Å². The lowest BCUT2D eigenvalue weighted by atomic mass is 9.49. The van der Waals surface area contributed by atoms with Crippen molar-refractivity contribution in [2.45, 2.75) is 38.5 Å². The van der Waals surface area contributed by atoms with Gasteiger partial charge in [0, 0.05) is 31.2 Å². The largest absolute Gasteiger partial charge is 0.465 e. The highest BCUT2D eigenvalue weighted by molar-refractivity contribution is 6.31. The number of carbonyl (C=O) groups is 2. The maximum absolute atomic E-state index is 13.6. The number of hydrogen-bond donors (Lipinski definition) is 0. The number of nitrogens with zero attached hydrogens (tertiary/aromatic N) is 2. The standard InChI is InChI=1S/C23H29ClN2O3/c1-29-21(27)19-3-2-18(24)11-20(19)25-4-6-26(7-5-25)22(28)23-12-15-8-16(13-23)10-17(9-15)14-23/h2-3,11,15-17H,4-10,12-14H2,1H3. The number of rotatable bonds is 3. The predicted molar refractivity (Wildman–Crippen MR) is 112 cm³/mol. The van der Waals surface area contributed by atoms with Crippen LogP contribution in [-0.4, -0.2) is 50.1 Å². The third-order valence-corrected chi connectivity index (χ3v) is 8.00. The van der Waals surface area contributed by atoms with Crippen LogP contribution < -0.4 is 4.90 Å². The van der Waals surface area contributed by atoms with Gasteiger partial charge in [0.2, 0.25) is 5.91 Å². The summed E-state index contributed by atoms with van der Waals surface area (Å²) >= 11 is 6.20. The molecular weight excluding hydrogens is 388 g/mol. The number of hydrogen-bond acceptors (Lipinski definition) is 4. The summed E-state index contributed by atoms with van der Waals surface area (Å²) in [4.78, 5) is 30.0. The van der Waals surface area contributed by atoms with Crippen molar-refractivity contribution in [3.05, 3.63) is 28.8 Å². The SMILES string of the molecule is COC(=O)c1ccc(Cl)cc1N1CCN(C(=O)C23CC4CC(CC(C4)C2)C3)CC1. The number of esters is 1. The first-order chi connectivity index (χ1) is 14.0. The Labute approximate surface area is 177 Å². The molecule has 0 unspecified atom stereocenters. The van der Waals surface area contributed by atoms with Gasteiger partial charge in [0.1, 0.15) is 0 Å². The number of methoxy groups -OCH3 is 1. The molecule has 0 aromatic heterocycles. The van der Waals surface area contributed by atoms with Crippen LogP contribution in [0.2, 0.25) is 5.02 Å². The summed E-state index contributed by atoms with van der Waals surface area (Å²) in [7, 11) is 1.39. The van der Waals surface area contributed by atoms with Crippen molar-refractivity contribution in [2.75, 3.05) is 38.2 Å². The summed E-state index contributed by atoms with van der Waals surface area (Å²) in [5, 5.41) is 0.597. The van der Waals surface area contributed by atoms with E-state index in [2.05, 4.69) is 9.80 Å². The Hall–Kier alpha value is -1.75. The highest BCUT2D eigenvalue weighted by Crippen LogP contribution is 2.60. The quantitative estimate of drug-likeness (QED) is 0.699. The predicted octanol–water partition coefficient (Wildman–Crippen LogP) is 3.99. The van der Waals surface area contributed by atoms with E-state index < -0.39 is 0 Å². The third-order valence-electron chi connectivity index (χ3n) is 7.76. The zero-order valence-electron chi connectivity index (χ0n) is 17.0. The van der Waals surface area contributed by atoms with Crippen LogP contribution in [-0.2, 0) is 9.53 Å². The van der Waals surface area contributed by atoms with E-state index in [-0.39, 0.29) is 11.4 Å². The number of halogens is 1. The van der Waals surface area contributed by atoms with Crippen molar-refractivity contribution < 1.29 is 14.3 Å². The minimum atomic E-state index is -0.358. The van der Waals surface area contributed by atoms with Gasteiger partial charge >= 0.3 is 5.97 Å². The molecule has 29 heavy (non-hydrogen) atoms. The van der Waals surface area contributed by atoms with Crippen molar-refractivity contribution in [1.29, 1.82) is 0 Å². The van der Waals surface area contributed by atoms with Crippen LogP contribution >= 0.6 is 11.6 Å². The first-order valence-electron chi connectivity index (χ1n) is 10.9. The number of benzene rings is 1. The van der Waals surface area contributed by atoms with Crippen LogP contribution in [0, 0.1) is 23.2 Å². The van der Waals surface area contributed by atoms with Crippen LogP contribution in [0.3, 0.4) is 0 Å². The molecule has 0 radical (unpaired) electrons. The Bertz CT molecular complexity index is 796. The van der Waals surface area contributed by atoms with Gasteiger partial charge in [0.15, 0.2) is 0 Å². The van der Waals surface area contributed by atoms with Gasteiger partial charge < -0.3 is 14.5 Å². The molecule has 156 valence electrons. The molecule has 1 aromatic rings. The summed E-state index contributed by atoms with van der Waals surface area (Å²) in [6.45, 7) is 2.83. The van der Waals surface area contributed by atoms with Crippen molar-refractivity contribution in [2.24, 2.45) is 23.2 Å². The van der Waals surface area contributed by atoms with Gasteiger partial charge in [-0.3, -0.25) is 4.79 Å². The molecular formula is C23H29ClN2O3. The lowest BCUT2D eigenvalue weighted by molar-refractivity contribution is -0.158. The monoisotopic (exact) mass is 416 g/mol. The van der Waals surface area contributed by atoms with E-state index in [4.69, 9.17) is 16.3 Å². The lowest BCUT2D eigenvalue weighted by Gasteiger charge is -2.57. The smallest absolute Gasteiger partial charge is 0.339 e. The van der Waals surface area contributed by atoms with Crippen molar-refractivity contribution in [3.63, 3.8) is 0 Å². The van der Waals surface area contributed by atoms with Crippen LogP contribution in [0.15, 0.2) is 18.2 Å². The summed E-state index contributed by atoms with van der Waals surface area (Å²) in [6.07, 6.45) is 7.39. The van der Waals surface area contributed by atoms with Gasteiger partial charge in [-0.25, -0.2) is 4.79 Å². The Kier molecular flexibility index (Phi) is 4.77. The van der Waals surface area contributed by atoms with E-state index in [1.54, 1.807) is 12.1 Å². The molecule has 5 aliphatic rings. The number of anilines is 1. The van der Waals surface area contributed by atoms with Gasteiger partial charge in [0.25, 0.3) is 0 Å². The Morgan fingerprint density at radius 1 is 1.00 bits per heavy atom. The van der Waals surface area contributed by atoms with Gasteiger partial charge in [0.05, 0.1) is 23.8 Å². The zero-order valence-corrected chi connectivity index (χ0v) is 17.8. The van der Waals surface area contributed by atoms with Gasteiger partial charge in [-0.2, -0.15) is 0 Å². The summed E-state index contributed by atoms with van der Waals surface area (Å²) in [6, 6.07) is 5.25.